The Morgan fingerprint density at radius 2 is 1.80 bits per heavy atom. The number of aliphatic carboxylic acids is 1. The molecular formula is C15H26N2O3. The monoisotopic (exact) mass is 282 g/mol. The maximum Gasteiger partial charge on any atom is 0.307 e. The summed E-state index contributed by atoms with van der Waals surface area (Å²) in [7, 11) is 0. The van der Waals surface area contributed by atoms with Crippen LogP contribution in [0.2, 0.25) is 0 Å². The highest BCUT2D eigenvalue weighted by molar-refractivity contribution is 5.85. The number of carboxylic acid groups (broad SMARTS) is 1. The molecule has 1 saturated heterocycles. The number of hydrogen-bond acceptors (Lipinski definition) is 3. The number of rotatable bonds is 5. The number of hydrogen-bond donors (Lipinski definition) is 2. The van der Waals surface area contributed by atoms with E-state index in [0.29, 0.717) is 25.3 Å². The number of amides is 1. The van der Waals surface area contributed by atoms with E-state index in [1.165, 1.54) is 19.3 Å². The number of likely N-dealkylation sites (tertiary alicyclic amines) is 1. The first kappa shape index (κ1) is 15.3. The topological polar surface area (TPSA) is 69.6 Å². The molecule has 5 heteroatoms. The molecule has 2 fully saturated rings. The van der Waals surface area contributed by atoms with E-state index in [1.807, 2.05) is 6.92 Å². The van der Waals surface area contributed by atoms with E-state index in [1.54, 1.807) is 0 Å². The van der Waals surface area contributed by atoms with Crippen molar-refractivity contribution in [2.75, 3.05) is 26.2 Å². The molecule has 5 nitrogen and oxygen atoms in total. The number of carbonyl (C=O) groups excluding carboxylic acids is 1. The van der Waals surface area contributed by atoms with Gasteiger partial charge in [0.2, 0.25) is 5.91 Å². The molecule has 0 aromatic rings. The summed E-state index contributed by atoms with van der Waals surface area (Å²) in [6.45, 7) is 5.78. The van der Waals surface area contributed by atoms with Crippen LogP contribution in [0.4, 0.5) is 0 Å². The summed E-state index contributed by atoms with van der Waals surface area (Å²) in [6, 6.07) is 0. The van der Waals surface area contributed by atoms with E-state index in [2.05, 4.69) is 10.2 Å². The normalized spacial score (nSPS) is 31.1. The molecule has 20 heavy (non-hydrogen) atoms. The lowest BCUT2D eigenvalue weighted by Gasteiger charge is -2.26. The van der Waals surface area contributed by atoms with Crippen LogP contribution in [0.1, 0.15) is 39.0 Å². The van der Waals surface area contributed by atoms with Crippen molar-refractivity contribution in [3.05, 3.63) is 0 Å². The minimum atomic E-state index is -0.828. The summed E-state index contributed by atoms with van der Waals surface area (Å²) >= 11 is 0. The minimum absolute atomic E-state index is 0.0706. The van der Waals surface area contributed by atoms with Crippen molar-refractivity contribution in [1.82, 2.24) is 10.2 Å². The molecule has 1 aliphatic carbocycles. The van der Waals surface area contributed by atoms with E-state index >= 15 is 0 Å². The molecule has 1 saturated carbocycles. The van der Waals surface area contributed by atoms with Crippen LogP contribution in [-0.2, 0) is 9.59 Å². The quantitative estimate of drug-likeness (QED) is 0.798. The molecule has 0 radical (unpaired) electrons. The maximum absolute atomic E-state index is 12.2. The number of nitrogens with zero attached hydrogens (tertiary/aromatic N) is 1. The predicted octanol–water partition coefficient (Wildman–Crippen LogP) is 1.34. The zero-order valence-corrected chi connectivity index (χ0v) is 12.3. The van der Waals surface area contributed by atoms with Gasteiger partial charge in [-0.05, 0) is 44.7 Å². The fourth-order valence-corrected chi connectivity index (χ4v) is 3.51. The zero-order chi connectivity index (χ0) is 14.5. The maximum atomic E-state index is 12.2. The Kier molecular flexibility index (Phi) is 5.40. The van der Waals surface area contributed by atoms with E-state index in [0.717, 1.165) is 19.6 Å². The van der Waals surface area contributed by atoms with Crippen LogP contribution in [0.25, 0.3) is 0 Å². The van der Waals surface area contributed by atoms with E-state index < -0.39 is 11.9 Å². The fraction of sp³-hybridized carbons (Fsp3) is 0.867. The lowest BCUT2D eigenvalue weighted by Crippen LogP contribution is -2.41. The second-order valence-corrected chi connectivity index (χ2v) is 6.32. The third kappa shape index (κ3) is 3.95. The Morgan fingerprint density at radius 1 is 1.15 bits per heavy atom. The van der Waals surface area contributed by atoms with Gasteiger partial charge in [0.15, 0.2) is 0 Å². The van der Waals surface area contributed by atoms with Crippen molar-refractivity contribution in [3.63, 3.8) is 0 Å². The standard InChI is InChI=1S/C15H26N2O3/c1-11-9-12(13(10-11)15(19)20)14(18)16-5-8-17-6-3-2-4-7-17/h11-13H,2-10H2,1H3,(H,16,18)(H,19,20). The van der Waals surface area contributed by atoms with Gasteiger partial charge in [-0.25, -0.2) is 0 Å². The summed E-state index contributed by atoms with van der Waals surface area (Å²) in [4.78, 5) is 25.7. The zero-order valence-electron chi connectivity index (χ0n) is 12.3. The van der Waals surface area contributed by atoms with Gasteiger partial charge in [-0.1, -0.05) is 13.3 Å². The molecule has 0 spiro atoms. The van der Waals surface area contributed by atoms with Crippen LogP contribution < -0.4 is 5.32 Å². The van der Waals surface area contributed by atoms with Gasteiger partial charge in [-0.2, -0.15) is 0 Å². The van der Waals surface area contributed by atoms with Crippen LogP contribution >= 0.6 is 0 Å². The van der Waals surface area contributed by atoms with Crippen LogP contribution in [0, 0.1) is 17.8 Å². The van der Waals surface area contributed by atoms with Gasteiger partial charge in [-0.3, -0.25) is 9.59 Å². The Morgan fingerprint density at radius 3 is 2.45 bits per heavy atom. The Labute approximate surface area is 120 Å². The second kappa shape index (κ2) is 7.07. The molecule has 3 atom stereocenters. The van der Waals surface area contributed by atoms with Gasteiger partial charge in [0.05, 0.1) is 11.8 Å². The highest BCUT2D eigenvalue weighted by Crippen LogP contribution is 2.36. The molecular weight excluding hydrogens is 256 g/mol. The summed E-state index contributed by atoms with van der Waals surface area (Å²) in [5.74, 6) is -1.41. The smallest absolute Gasteiger partial charge is 0.307 e. The van der Waals surface area contributed by atoms with Gasteiger partial charge in [0.1, 0.15) is 0 Å². The molecule has 1 amide bonds. The summed E-state index contributed by atoms with van der Waals surface area (Å²) < 4.78 is 0. The minimum Gasteiger partial charge on any atom is -0.481 e. The molecule has 0 aromatic carbocycles. The van der Waals surface area contributed by atoms with Gasteiger partial charge in [0, 0.05) is 13.1 Å². The van der Waals surface area contributed by atoms with Crippen LogP contribution in [0.3, 0.4) is 0 Å². The van der Waals surface area contributed by atoms with Gasteiger partial charge in [-0.15, -0.1) is 0 Å². The molecule has 2 aliphatic rings. The molecule has 3 unspecified atom stereocenters. The molecule has 0 aromatic heterocycles. The lowest BCUT2D eigenvalue weighted by atomic mass is 9.95. The average Bonchev–Trinajstić information content (AvgIpc) is 2.82. The van der Waals surface area contributed by atoms with Crippen LogP contribution in [-0.4, -0.2) is 48.1 Å². The molecule has 2 rings (SSSR count). The van der Waals surface area contributed by atoms with Crippen LogP contribution in [0.5, 0.6) is 0 Å². The number of nitrogens with one attached hydrogen (secondary N) is 1. The third-order valence-electron chi connectivity index (χ3n) is 4.63. The lowest BCUT2D eigenvalue weighted by molar-refractivity contribution is -0.146. The number of carboxylic acids is 1. The SMILES string of the molecule is CC1CC(C(=O)O)C(C(=O)NCCN2CCCCC2)C1. The Balaban J connectivity index is 1.74. The molecule has 1 heterocycles. The number of piperidine rings is 1. The van der Waals surface area contributed by atoms with Crippen molar-refractivity contribution in [1.29, 1.82) is 0 Å². The Hall–Kier alpha value is -1.10. The van der Waals surface area contributed by atoms with E-state index in [9.17, 15) is 14.7 Å². The summed E-state index contributed by atoms with van der Waals surface area (Å²) in [5, 5.41) is 12.1. The molecule has 0 bridgehead atoms. The Bertz CT molecular complexity index is 353. The van der Waals surface area contributed by atoms with Gasteiger partial charge < -0.3 is 15.3 Å². The fourth-order valence-electron chi connectivity index (χ4n) is 3.51. The summed E-state index contributed by atoms with van der Waals surface area (Å²) in [6.07, 6.45) is 5.12. The first-order valence-corrected chi connectivity index (χ1v) is 7.81. The molecule has 1 aliphatic heterocycles. The van der Waals surface area contributed by atoms with Crippen molar-refractivity contribution >= 4 is 11.9 Å². The molecule has 2 N–H and O–H groups in total. The van der Waals surface area contributed by atoms with Crippen molar-refractivity contribution in [2.45, 2.75) is 39.0 Å². The van der Waals surface area contributed by atoms with Crippen molar-refractivity contribution < 1.29 is 14.7 Å². The first-order chi connectivity index (χ1) is 9.58. The van der Waals surface area contributed by atoms with E-state index in [-0.39, 0.29) is 11.8 Å². The van der Waals surface area contributed by atoms with E-state index in [4.69, 9.17) is 0 Å². The highest BCUT2D eigenvalue weighted by Gasteiger charge is 2.40. The first-order valence-electron chi connectivity index (χ1n) is 7.81. The van der Waals surface area contributed by atoms with Crippen LogP contribution in [0.15, 0.2) is 0 Å². The molecule has 114 valence electrons. The second-order valence-electron chi connectivity index (χ2n) is 6.32. The van der Waals surface area contributed by atoms with Gasteiger partial charge >= 0.3 is 5.97 Å². The van der Waals surface area contributed by atoms with Gasteiger partial charge in [0.25, 0.3) is 0 Å². The largest absolute Gasteiger partial charge is 0.481 e. The number of carbonyl (C=O) groups is 2. The van der Waals surface area contributed by atoms with Crippen molar-refractivity contribution in [3.8, 4) is 0 Å². The third-order valence-corrected chi connectivity index (χ3v) is 4.63. The average molecular weight is 282 g/mol. The predicted molar refractivity (Wildman–Crippen MR) is 76.3 cm³/mol. The van der Waals surface area contributed by atoms with Crippen molar-refractivity contribution in [2.24, 2.45) is 17.8 Å². The summed E-state index contributed by atoms with van der Waals surface area (Å²) in [5.41, 5.74) is 0. The highest BCUT2D eigenvalue weighted by atomic mass is 16.4.